The summed E-state index contributed by atoms with van der Waals surface area (Å²) < 4.78 is 40.2. The molecular formula is C12H10F3N5. The number of halogens is 3. The van der Waals surface area contributed by atoms with Crippen LogP contribution in [0.1, 0.15) is 11.1 Å². The molecule has 1 aromatic heterocycles. The zero-order valence-corrected chi connectivity index (χ0v) is 10.2. The second-order valence-electron chi connectivity index (χ2n) is 3.96. The van der Waals surface area contributed by atoms with Crippen molar-refractivity contribution in [3.8, 4) is 6.07 Å². The zero-order chi connectivity index (χ0) is 14.6. The standard InChI is InChI=1S/C12H10F3N5/c13-12(14,15)10-7-9(8-16)1-2-11(10)17-3-5-20-6-4-18-19-20/h1-2,4,6-7,17H,3,5H2. The predicted molar refractivity (Wildman–Crippen MR) is 64.7 cm³/mol. The summed E-state index contributed by atoms with van der Waals surface area (Å²) in [6, 6.07) is 5.12. The Balaban J connectivity index is 2.12. The summed E-state index contributed by atoms with van der Waals surface area (Å²) in [7, 11) is 0. The van der Waals surface area contributed by atoms with E-state index < -0.39 is 11.7 Å². The Morgan fingerprint density at radius 1 is 1.35 bits per heavy atom. The number of hydrogen-bond donors (Lipinski definition) is 1. The van der Waals surface area contributed by atoms with Gasteiger partial charge in [-0.2, -0.15) is 18.4 Å². The van der Waals surface area contributed by atoms with Gasteiger partial charge in [0.1, 0.15) is 0 Å². The second-order valence-corrected chi connectivity index (χ2v) is 3.96. The SMILES string of the molecule is N#Cc1ccc(NCCn2ccnn2)c(C(F)(F)F)c1. The van der Waals surface area contributed by atoms with Gasteiger partial charge >= 0.3 is 6.18 Å². The van der Waals surface area contributed by atoms with E-state index in [9.17, 15) is 13.2 Å². The number of nitrogens with one attached hydrogen (secondary N) is 1. The normalized spacial score (nSPS) is 11.1. The number of anilines is 1. The van der Waals surface area contributed by atoms with Gasteiger partial charge in [-0.25, -0.2) is 0 Å². The van der Waals surface area contributed by atoms with Crippen molar-refractivity contribution in [2.24, 2.45) is 0 Å². The van der Waals surface area contributed by atoms with Crippen molar-refractivity contribution in [3.05, 3.63) is 41.7 Å². The molecule has 0 saturated carbocycles. The summed E-state index contributed by atoms with van der Waals surface area (Å²) in [6.45, 7) is 0.648. The minimum absolute atomic E-state index is 0.0286. The first-order valence-electron chi connectivity index (χ1n) is 5.70. The molecule has 8 heteroatoms. The van der Waals surface area contributed by atoms with Gasteiger partial charge in [0.05, 0.1) is 29.9 Å². The zero-order valence-electron chi connectivity index (χ0n) is 10.2. The molecule has 0 aliphatic carbocycles. The highest BCUT2D eigenvalue weighted by Gasteiger charge is 2.33. The summed E-state index contributed by atoms with van der Waals surface area (Å²) in [5, 5.41) is 18.7. The number of alkyl halides is 3. The maximum atomic E-state index is 12.9. The van der Waals surface area contributed by atoms with Crippen molar-refractivity contribution >= 4 is 5.69 Å². The molecule has 0 atom stereocenters. The fourth-order valence-electron chi connectivity index (χ4n) is 1.66. The maximum Gasteiger partial charge on any atom is 0.418 e. The topological polar surface area (TPSA) is 66.5 Å². The quantitative estimate of drug-likeness (QED) is 0.933. The van der Waals surface area contributed by atoms with Crippen molar-refractivity contribution in [2.45, 2.75) is 12.7 Å². The van der Waals surface area contributed by atoms with Crippen molar-refractivity contribution in [3.63, 3.8) is 0 Å². The maximum absolute atomic E-state index is 12.9. The van der Waals surface area contributed by atoms with Crippen LogP contribution in [0.3, 0.4) is 0 Å². The molecule has 0 spiro atoms. The van der Waals surface area contributed by atoms with Gasteiger partial charge in [0.15, 0.2) is 0 Å². The third-order valence-corrected chi connectivity index (χ3v) is 2.58. The van der Waals surface area contributed by atoms with Crippen LogP contribution in [0.15, 0.2) is 30.6 Å². The van der Waals surface area contributed by atoms with Crippen LogP contribution in [0.2, 0.25) is 0 Å². The lowest BCUT2D eigenvalue weighted by Crippen LogP contribution is -2.15. The Morgan fingerprint density at radius 2 is 2.15 bits per heavy atom. The fraction of sp³-hybridized carbons (Fsp3) is 0.250. The molecule has 104 valence electrons. The second kappa shape index (κ2) is 5.61. The smallest absolute Gasteiger partial charge is 0.383 e. The first kappa shape index (κ1) is 13.9. The summed E-state index contributed by atoms with van der Waals surface area (Å²) >= 11 is 0. The Morgan fingerprint density at radius 3 is 2.75 bits per heavy atom. The van der Waals surface area contributed by atoms with E-state index in [1.807, 2.05) is 0 Å². The number of nitriles is 1. The Bertz CT molecular complexity index is 613. The molecular weight excluding hydrogens is 271 g/mol. The van der Waals surface area contributed by atoms with Gasteiger partial charge in [-0.05, 0) is 18.2 Å². The van der Waals surface area contributed by atoms with Crippen LogP contribution in [-0.4, -0.2) is 21.5 Å². The minimum Gasteiger partial charge on any atom is -0.383 e. The van der Waals surface area contributed by atoms with E-state index in [-0.39, 0.29) is 17.8 Å². The van der Waals surface area contributed by atoms with Gasteiger partial charge in [0.25, 0.3) is 0 Å². The van der Waals surface area contributed by atoms with Crippen molar-refractivity contribution in [2.75, 3.05) is 11.9 Å². The third kappa shape index (κ3) is 3.26. The summed E-state index contributed by atoms with van der Waals surface area (Å²) in [5.74, 6) is 0. The first-order chi connectivity index (χ1) is 9.50. The van der Waals surface area contributed by atoms with Gasteiger partial charge < -0.3 is 5.32 Å². The largest absolute Gasteiger partial charge is 0.418 e. The van der Waals surface area contributed by atoms with Crippen LogP contribution in [0.5, 0.6) is 0 Å². The lowest BCUT2D eigenvalue weighted by molar-refractivity contribution is -0.137. The lowest BCUT2D eigenvalue weighted by Gasteiger charge is -2.14. The summed E-state index contributed by atoms with van der Waals surface area (Å²) in [4.78, 5) is 0. The molecule has 1 heterocycles. The van der Waals surface area contributed by atoms with Crippen LogP contribution in [0, 0.1) is 11.3 Å². The van der Waals surface area contributed by atoms with Crippen LogP contribution in [0.4, 0.5) is 18.9 Å². The van der Waals surface area contributed by atoms with Crippen LogP contribution >= 0.6 is 0 Å². The van der Waals surface area contributed by atoms with E-state index in [1.165, 1.54) is 23.0 Å². The molecule has 2 rings (SSSR count). The molecule has 0 bridgehead atoms. The third-order valence-electron chi connectivity index (χ3n) is 2.58. The van der Waals surface area contributed by atoms with Crippen LogP contribution < -0.4 is 5.32 Å². The Kier molecular flexibility index (Phi) is 3.89. The molecule has 0 fully saturated rings. The van der Waals surface area contributed by atoms with Gasteiger partial charge in [0.2, 0.25) is 0 Å². The Hall–Kier alpha value is -2.56. The molecule has 0 radical (unpaired) electrons. The fourth-order valence-corrected chi connectivity index (χ4v) is 1.66. The molecule has 0 aliphatic heterocycles. The molecule has 1 N–H and O–H groups in total. The number of aromatic nitrogens is 3. The van der Waals surface area contributed by atoms with E-state index in [4.69, 9.17) is 5.26 Å². The highest BCUT2D eigenvalue weighted by molar-refractivity contribution is 5.56. The van der Waals surface area contributed by atoms with Crippen molar-refractivity contribution in [1.29, 1.82) is 5.26 Å². The molecule has 0 unspecified atom stereocenters. The molecule has 20 heavy (non-hydrogen) atoms. The highest BCUT2D eigenvalue weighted by atomic mass is 19.4. The predicted octanol–water partition coefficient (Wildman–Crippen LogP) is 2.28. The van der Waals surface area contributed by atoms with E-state index in [1.54, 1.807) is 12.3 Å². The van der Waals surface area contributed by atoms with Gasteiger partial charge in [-0.15, -0.1) is 5.10 Å². The minimum atomic E-state index is -4.51. The number of nitrogens with zero attached hydrogens (tertiary/aromatic N) is 4. The van der Waals surface area contributed by atoms with Crippen molar-refractivity contribution in [1.82, 2.24) is 15.0 Å². The number of hydrogen-bond acceptors (Lipinski definition) is 4. The van der Waals surface area contributed by atoms with Crippen LogP contribution in [0.25, 0.3) is 0 Å². The first-order valence-corrected chi connectivity index (χ1v) is 5.70. The molecule has 2 aromatic rings. The van der Waals surface area contributed by atoms with Gasteiger partial charge in [-0.1, -0.05) is 5.21 Å². The number of rotatable bonds is 4. The van der Waals surface area contributed by atoms with E-state index in [0.29, 0.717) is 6.54 Å². The average Bonchev–Trinajstić information content (AvgIpc) is 2.91. The Labute approximate surface area is 112 Å². The molecule has 0 aliphatic rings. The summed E-state index contributed by atoms with van der Waals surface area (Å²) in [5.41, 5.74) is -0.939. The average molecular weight is 281 g/mol. The molecule has 0 saturated heterocycles. The lowest BCUT2D eigenvalue weighted by atomic mass is 10.1. The van der Waals surface area contributed by atoms with Crippen molar-refractivity contribution < 1.29 is 13.2 Å². The van der Waals surface area contributed by atoms with E-state index in [0.717, 1.165) is 6.07 Å². The highest BCUT2D eigenvalue weighted by Crippen LogP contribution is 2.35. The van der Waals surface area contributed by atoms with Gasteiger partial charge in [-0.3, -0.25) is 4.68 Å². The number of benzene rings is 1. The van der Waals surface area contributed by atoms with E-state index in [2.05, 4.69) is 15.6 Å². The monoisotopic (exact) mass is 281 g/mol. The molecule has 0 amide bonds. The van der Waals surface area contributed by atoms with E-state index >= 15 is 0 Å². The molecule has 5 nitrogen and oxygen atoms in total. The van der Waals surface area contributed by atoms with Crippen LogP contribution in [-0.2, 0) is 12.7 Å². The van der Waals surface area contributed by atoms with Gasteiger partial charge in [0, 0.05) is 18.4 Å². The summed E-state index contributed by atoms with van der Waals surface area (Å²) in [6.07, 6.45) is -1.41. The molecule has 1 aromatic carbocycles.